The Labute approximate surface area is 162 Å². The number of anilines is 1. The van der Waals surface area contributed by atoms with Gasteiger partial charge in [0.05, 0.1) is 18.7 Å². The molecule has 0 aliphatic carbocycles. The standard InChI is InChI=1S/C19H23N3O6/c1-11-4-5-15(27-3)14(8-11)22-10-13(9-16(22)23)18(25)28-12(2)17(24)21-7-6-20-19(21)26/h4-5,8,12-13H,6-7,9-10H2,1-3H3,(H,20,26)/t12-,13+/m1/s1. The minimum absolute atomic E-state index is 0.0129. The molecule has 1 N–H and O–H groups in total. The summed E-state index contributed by atoms with van der Waals surface area (Å²) in [6.07, 6.45) is -1.12. The number of hydrogen-bond acceptors (Lipinski definition) is 6. The molecule has 2 fully saturated rings. The van der Waals surface area contributed by atoms with Crippen molar-refractivity contribution in [1.82, 2.24) is 10.2 Å². The van der Waals surface area contributed by atoms with Gasteiger partial charge < -0.3 is 19.7 Å². The van der Waals surface area contributed by atoms with E-state index in [1.807, 2.05) is 19.1 Å². The van der Waals surface area contributed by atoms with Crippen LogP contribution in [0.3, 0.4) is 0 Å². The number of benzene rings is 1. The second-order valence-electron chi connectivity index (χ2n) is 6.88. The molecule has 9 heteroatoms. The number of amides is 4. The van der Waals surface area contributed by atoms with Crippen molar-refractivity contribution in [3.63, 3.8) is 0 Å². The lowest BCUT2D eigenvalue weighted by Crippen LogP contribution is -2.42. The molecule has 1 aromatic rings. The van der Waals surface area contributed by atoms with Crippen LogP contribution in [0.25, 0.3) is 0 Å². The number of methoxy groups -OCH3 is 1. The summed E-state index contributed by atoms with van der Waals surface area (Å²) in [4.78, 5) is 51.3. The van der Waals surface area contributed by atoms with Gasteiger partial charge in [-0.3, -0.25) is 19.3 Å². The van der Waals surface area contributed by atoms with Crippen LogP contribution in [0.2, 0.25) is 0 Å². The highest BCUT2D eigenvalue weighted by atomic mass is 16.5. The van der Waals surface area contributed by atoms with E-state index in [0.29, 0.717) is 18.0 Å². The summed E-state index contributed by atoms with van der Waals surface area (Å²) in [5, 5.41) is 2.52. The lowest BCUT2D eigenvalue weighted by atomic mass is 10.1. The molecule has 1 aromatic carbocycles. The number of nitrogens with zero attached hydrogens (tertiary/aromatic N) is 2. The van der Waals surface area contributed by atoms with Gasteiger partial charge in [0.2, 0.25) is 5.91 Å². The average molecular weight is 389 g/mol. The first-order valence-corrected chi connectivity index (χ1v) is 9.06. The highest BCUT2D eigenvalue weighted by Gasteiger charge is 2.39. The van der Waals surface area contributed by atoms with E-state index in [2.05, 4.69) is 5.32 Å². The Hall–Kier alpha value is -3.10. The van der Waals surface area contributed by atoms with Gasteiger partial charge in [0.15, 0.2) is 6.10 Å². The zero-order chi connectivity index (χ0) is 20.4. The zero-order valence-electron chi connectivity index (χ0n) is 16.1. The number of rotatable bonds is 5. The third-order valence-electron chi connectivity index (χ3n) is 4.85. The SMILES string of the molecule is COc1ccc(C)cc1N1C[C@@H](C(=O)O[C@H](C)C(=O)N2CCNC2=O)CC1=O. The van der Waals surface area contributed by atoms with Crippen LogP contribution in [0.5, 0.6) is 5.75 Å². The van der Waals surface area contributed by atoms with E-state index in [9.17, 15) is 19.2 Å². The quantitative estimate of drug-likeness (QED) is 0.748. The Balaban J connectivity index is 1.66. The lowest BCUT2D eigenvalue weighted by Gasteiger charge is -2.21. The molecule has 0 bridgehead atoms. The molecular formula is C19H23N3O6. The van der Waals surface area contributed by atoms with Gasteiger partial charge in [-0.2, -0.15) is 0 Å². The predicted molar refractivity (Wildman–Crippen MR) is 98.9 cm³/mol. The number of nitrogens with one attached hydrogen (secondary N) is 1. The summed E-state index contributed by atoms with van der Waals surface area (Å²) in [5.74, 6) is -1.59. The summed E-state index contributed by atoms with van der Waals surface area (Å²) in [6, 6.07) is 4.96. The van der Waals surface area contributed by atoms with Crippen molar-refractivity contribution < 1.29 is 28.7 Å². The van der Waals surface area contributed by atoms with Crippen molar-refractivity contribution in [2.45, 2.75) is 26.4 Å². The second-order valence-corrected chi connectivity index (χ2v) is 6.88. The molecule has 2 aliphatic heterocycles. The maximum Gasteiger partial charge on any atom is 0.324 e. The van der Waals surface area contributed by atoms with E-state index >= 15 is 0 Å². The third kappa shape index (κ3) is 3.78. The molecular weight excluding hydrogens is 366 g/mol. The van der Waals surface area contributed by atoms with Crippen LogP contribution in [-0.2, 0) is 19.1 Å². The number of imide groups is 1. The highest BCUT2D eigenvalue weighted by molar-refractivity contribution is 6.01. The van der Waals surface area contributed by atoms with E-state index in [0.717, 1.165) is 10.5 Å². The third-order valence-corrected chi connectivity index (χ3v) is 4.85. The van der Waals surface area contributed by atoms with Gasteiger partial charge in [0.25, 0.3) is 5.91 Å². The maximum absolute atomic E-state index is 12.5. The molecule has 9 nitrogen and oxygen atoms in total. The summed E-state index contributed by atoms with van der Waals surface area (Å²) in [7, 11) is 1.52. The smallest absolute Gasteiger partial charge is 0.324 e. The van der Waals surface area contributed by atoms with Gasteiger partial charge in [0.1, 0.15) is 5.75 Å². The van der Waals surface area contributed by atoms with E-state index < -0.39 is 29.9 Å². The van der Waals surface area contributed by atoms with Gasteiger partial charge in [0, 0.05) is 26.1 Å². The van der Waals surface area contributed by atoms with Crippen LogP contribution in [0.15, 0.2) is 18.2 Å². The number of carbonyl (C=O) groups is 4. The molecule has 2 aliphatic rings. The normalized spacial score (nSPS) is 20.2. The van der Waals surface area contributed by atoms with Gasteiger partial charge in [-0.15, -0.1) is 0 Å². The Morgan fingerprint density at radius 1 is 1.29 bits per heavy atom. The molecule has 150 valence electrons. The number of hydrogen-bond donors (Lipinski definition) is 1. The molecule has 0 spiro atoms. The maximum atomic E-state index is 12.5. The molecule has 2 heterocycles. The Kier molecular flexibility index (Phi) is 5.53. The van der Waals surface area contributed by atoms with E-state index in [4.69, 9.17) is 9.47 Å². The van der Waals surface area contributed by atoms with E-state index in [1.165, 1.54) is 18.9 Å². The highest BCUT2D eigenvalue weighted by Crippen LogP contribution is 2.34. The van der Waals surface area contributed by atoms with Gasteiger partial charge in [-0.1, -0.05) is 6.07 Å². The number of aryl methyl sites for hydroxylation is 1. The molecule has 4 amide bonds. The van der Waals surface area contributed by atoms with Crippen LogP contribution in [0.1, 0.15) is 18.9 Å². The molecule has 0 saturated carbocycles. The topological polar surface area (TPSA) is 105 Å². The summed E-state index contributed by atoms with van der Waals surface area (Å²) in [5.41, 5.74) is 1.55. The second kappa shape index (κ2) is 7.87. The molecule has 2 saturated heterocycles. The fourth-order valence-corrected chi connectivity index (χ4v) is 3.33. The molecule has 2 atom stereocenters. The average Bonchev–Trinajstić information content (AvgIpc) is 3.26. The summed E-state index contributed by atoms with van der Waals surface area (Å²) >= 11 is 0. The van der Waals surface area contributed by atoms with Crippen LogP contribution in [-0.4, -0.2) is 61.6 Å². The largest absolute Gasteiger partial charge is 0.495 e. The molecule has 0 unspecified atom stereocenters. The Morgan fingerprint density at radius 2 is 2.04 bits per heavy atom. The molecule has 28 heavy (non-hydrogen) atoms. The van der Waals surface area contributed by atoms with Gasteiger partial charge in [-0.25, -0.2) is 4.79 Å². The molecule has 0 radical (unpaired) electrons. The first-order valence-electron chi connectivity index (χ1n) is 9.06. The van der Waals surface area contributed by atoms with Gasteiger partial charge >= 0.3 is 12.0 Å². The fourth-order valence-electron chi connectivity index (χ4n) is 3.33. The lowest BCUT2D eigenvalue weighted by molar-refractivity contribution is -0.160. The van der Waals surface area contributed by atoms with E-state index in [-0.39, 0.29) is 25.4 Å². The molecule has 3 rings (SSSR count). The number of ether oxygens (including phenoxy) is 2. The minimum Gasteiger partial charge on any atom is -0.495 e. The van der Waals surface area contributed by atoms with Crippen molar-refractivity contribution in [2.75, 3.05) is 31.6 Å². The first kappa shape index (κ1) is 19.7. The fraction of sp³-hybridized carbons (Fsp3) is 0.474. The van der Waals surface area contributed by atoms with Crippen molar-refractivity contribution in [2.24, 2.45) is 5.92 Å². The van der Waals surface area contributed by atoms with Gasteiger partial charge in [-0.05, 0) is 31.5 Å². The summed E-state index contributed by atoms with van der Waals surface area (Å²) in [6.45, 7) is 4.07. The van der Waals surface area contributed by atoms with Crippen LogP contribution in [0, 0.1) is 12.8 Å². The Bertz CT molecular complexity index is 824. The number of carbonyl (C=O) groups excluding carboxylic acids is 4. The summed E-state index contributed by atoms with van der Waals surface area (Å²) < 4.78 is 10.6. The number of esters is 1. The van der Waals surface area contributed by atoms with Crippen molar-refractivity contribution in [3.05, 3.63) is 23.8 Å². The van der Waals surface area contributed by atoms with Crippen molar-refractivity contribution in [1.29, 1.82) is 0 Å². The minimum atomic E-state index is -1.10. The zero-order valence-corrected chi connectivity index (χ0v) is 16.1. The van der Waals surface area contributed by atoms with Crippen molar-refractivity contribution in [3.8, 4) is 5.75 Å². The van der Waals surface area contributed by atoms with E-state index in [1.54, 1.807) is 6.07 Å². The first-order chi connectivity index (χ1) is 13.3. The van der Waals surface area contributed by atoms with Crippen LogP contribution in [0.4, 0.5) is 10.5 Å². The van der Waals surface area contributed by atoms with Crippen LogP contribution >= 0.6 is 0 Å². The Morgan fingerprint density at radius 3 is 2.68 bits per heavy atom. The van der Waals surface area contributed by atoms with Crippen LogP contribution < -0.4 is 15.0 Å². The molecule has 0 aromatic heterocycles. The van der Waals surface area contributed by atoms with Crippen molar-refractivity contribution >= 4 is 29.5 Å². The number of urea groups is 1. The predicted octanol–water partition coefficient (Wildman–Crippen LogP) is 0.840. The monoisotopic (exact) mass is 389 g/mol.